The van der Waals surface area contributed by atoms with Crippen LogP contribution in [0.15, 0.2) is 24.3 Å². The highest BCUT2D eigenvalue weighted by molar-refractivity contribution is 5.81. The summed E-state index contributed by atoms with van der Waals surface area (Å²) in [6, 6.07) is 7.96. The van der Waals surface area contributed by atoms with Crippen molar-refractivity contribution in [3.63, 3.8) is 0 Å². The quantitative estimate of drug-likeness (QED) is 0.804. The van der Waals surface area contributed by atoms with E-state index in [0.29, 0.717) is 12.6 Å². The van der Waals surface area contributed by atoms with Crippen LogP contribution >= 0.6 is 0 Å². The van der Waals surface area contributed by atoms with Gasteiger partial charge in [-0.25, -0.2) is 0 Å². The third-order valence-corrected chi connectivity index (χ3v) is 3.20. The second-order valence-corrected chi connectivity index (χ2v) is 4.62. The third-order valence-electron chi connectivity index (χ3n) is 3.20. The zero-order valence-corrected chi connectivity index (χ0v) is 10.7. The smallest absolute Gasteiger partial charge is 0.242 e. The first-order valence-electron chi connectivity index (χ1n) is 6.47. The molecular weight excluding hydrogens is 228 g/mol. The van der Waals surface area contributed by atoms with Crippen LogP contribution in [-0.4, -0.2) is 35.0 Å². The first-order chi connectivity index (χ1) is 8.74. The summed E-state index contributed by atoms with van der Waals surface area (Å²) < 4.78 is 0. The minimum absolute atomic E-state index is 0.0205. The van der Waals surface area contributed by atoms with Crippen molar-refractivity contribution in [2.45, 2.75) is 32.4 Å². The number of amides is 1. The Morgan fingerprint density at radius 2 is 2.28 bits per heavy atom. The molecule has 0 aliphatic heterocycles. The number of aliphatic hydroxyl groups excluding tert-OH is 1. The topological polar surface area (TPSA) is 52.6 Å². The van der Waals surface area contributed by atoms with E-state index in [0.717, 1.165) is 30.6 Å². The molecule has 1 amide bonds. The van der Waals surface area contributed by atoms with Gasteiger partial charge >= 0.3 is 0 Å². The third kappa shape index (κ3) is 3.23. The van der Waals surface area contributed by atoms with Crippen molar-refractivity contribution in [2.24, 2.45) is 0 Å². The lowest BCUT2D eigenvalue weighted by atomic mass is 10.2. The maximum Gasteiger partial charge on any atom is 0.242 e. The van der Waals surface area contributed by atoms with E-state index in [-0.39, 0.29) is 12.5 Å². The predicted octanol–water partition coefficient (Wildman–Crippen LogP) is 1.60. The number of hydrogen-bond donors (Lipinski definition) is 2. The molecule has 4 heteroatoms. The Morgan fingerprint density at radius 1 is 1.50 bits per heavy atom. The van der Waals surface area contributed by atoms with Gasteiger partial charge < -0.3 is 15.3 Å². The number of carbonyl (C=O) groups is 1. The van der Waals surface area contributed by atoms with Crippen molar-refractivity contribution < 1.29 is 9.90 Å². The van der Waals surface area contributed by atoms with Crippen LogP contribution in [0.25, 0.3) is 0 Å². The molecule has 4 nitrogen and oxygen atoms in total. The molecule has 0 saturated heterocycles. The van der Waals surface area contributed by atoms with Gasteiger partial charge in [-0.1, -0.05) is 12.1 Å². The molecule has 0 aromatic heterocycles. The van der Waals surface area contributed by atoms with Gasteiger partial charge in [-0.15, -0.1) is 0 Å². The molecule has 98 valence electrons. The Kier molecular flexibility index (Phi) is 4.20. The van der Waals surface area contributed by atoms with Crippen molar-refractivity contribution >= 4 is 11.6 Å². The van der Waals surface area contributed by atoms with Crippen LogP contribution in [-0.2, 0) is 11.4 Å². The first kappa shape index (κ1) is 12.9. The molecular formula is C14H20N2O2. The van der Waals surface area contributed by atoms with E-state index in [1.165, 1.54) is 0 Å². The van der Waals surface area contributed by atoms with E-state index in [1.54, 1.807) is 0 Å². The maximum absolute atomic E-state index is 12.0. The van der Waals surface area contributed by atoms with Gasteiger partial charge in [0, 0.05) is 18.3 Å². The number of carbonyl (C=O) groups excluding carboxylic acids is 1. The molecule has 0 unspecified atom stereocenters. The number of hydrogen-bond acceptors (Lipinski definition) is 3. The Morgan fingerprint density at radius 3 is 2.89 bits per heavy atom. The average Bonchev–Trinajstić information content (AvgIpc) is 3.22. The molecule has 1 saturated carbocycles. The standard InChI is InChI=1S/C14H20N2O2/c1-2-16(13-6-7-13)14(18)9-15-12-5-3-4-11(8-12)10-17/h3-5,8,13,15,17H,2,6-7,9-10H2,1H3. The lowest BCUT2D eigenvalue weighted by molar-refractivity contribution is -0.129. The minimum atomic E-state index is 0.0205. The minimum Gasteiger partial charge on any atom is -0.392 e. The summed E-state index contributed by atoms with van der Waals surface area (Å²) in [5, 5.41) is 12.2. The number of anilines is 1. The molecule has 0 atom stereocenters. The lowest BCUT2D eigenvalue weighted by Gasteiger charge is -2.20. The first-order valence-corrected chi connectivity index (χ1v) is 6.47. The summed E-state index contributed by atoms with van der Waals surface area (Å²) in [5.74, 6) is 0.148. The molecule has 18 heavy (non-hydrogen) atoms. The predicted molar refractivity (Wildman–Crippen MR) is 71.3 cm³/mol. The molecule has 1 aromatic rings. The number of benzene rings is 1. The molecule has 1 aromatic carbocycles. The van der Waals surface area contributed by atoms with Gasteiger partial charge in [0.05, 0.1) is 13.2 Å². The largest absolute Gasteiger partial charge is 0.392 e. The van der Waals surface area contributed by atoms with E-state index in [9.17, 15) is 4.79 Å². The van der Waals surface area contributed by atoms with Crippen molar-refractivity contribution in [1.29, 1.82) is 0 Å². The van der Waals surface area contributed by atoms with Crippen LogP contribution in [0.3, 0.4) is 0 Å². The molecule has 1 aliphatic rings. The summed E-state index contributed by atoms with van der Waals surface area (Å²) in [6.45, 7) is 3.14. The zero-order valence-electron chi connectivity index (χ0n) is 10.7. The molecule has 1 fully saturated rings. The molecule has 0 radical (unpaired) electrons. The van der Waals surface area contributed by atoms with Crippen molar-refractivity contribution in [3.05, 3.63) is 29.8 Å². The molecule has 0 heterocycles. The van der Waals surface area contributed by atoms with Gasteiger partial charge in [0.1, 0.15) is 0 Å². The van der Waals surface area contributed by atoms with Crippen molar-refractivity contribution in [2.75, 3.05) is 18.4 Å². The molecule has 0 bridgehead atoms. The van der Waals surface area contributed by atoms with E-state index in [4.69, 9.17) is 5.11 Å². The van der Waals surface area contributed by atoms with Crippen LogP contribution in [0.5, 0.6) is 0 Å². The Labute approximate surface area is 108 Å². The van der Waals surface area contributed by atoms with Gasteiger partial charge in [0.25, 0.3) is 0 Å². The van der Waals surface area contributed by atoms with Gasteiger partial charge in [0.2, 0.25) is 5.91 Å². The van der Waals surface area contributed by atoms with E-state index < -0.39 is 0 Å². The Hall–Kier alpha value is -1.55. The van der Waals surface area contributed by atoms with Crippen molar-refractivity contribution in [1.82, 2.24) is 4.90 Å². The van der Waals surface area contributed by atoms with Gasteiger partial charge in [-0.05, 0) is 37.5 Å². The maximum atomic E-state index is 12.0. The monoisotopic (exact) mass is 248 g/mol. The zero-order chi connectivity index (χ0) is 13.0. The molecule has 2 N–H and O–H groups in total. The summed E-state index contributed by atoms with van der Waals surface area (Å²) in [7, 11) is 0. The fourth-order valence-electron chi connectivity index (χ4n) is 2.08. The fourth-order valence-corrected chi connectivity index (χ4v) is 2.08. The summed E-state index contributed by atoms with van der Waals surface area (Å²) in [6.07, 6.45) is 2.28. The van der Waals surface area contributed by atoms with Crippen LogP contribution < -0.4 is 5.32 Å². The summed E-state index contributed by atoms with van der Waals surface area (Å²) in [4.78, 5) is 13.9. The van der Waals surface area contributed by atoms with E-state index in [2.05, 4.69) is 5.32 Å². The number of likely N-dealkylation sites (N-methyl/N-ethyl adjacent to an activating group) is 1. The number of nitrogens with one attached hydrogen (secondary N) is 1. The van der Waals surface area contributed by atoms with Crippen LogP contribution in [0, 0.1) is 0 Å². The van der Waals surface area contributed by atoms with Gasteiger partial charge in [-0.2, -0.15) is 0 Å². The molecule has 2 rings (SSSR count). The highest BCUT2D eigenvalue weighted by Crippen LogP contribution is 2.26. The van der Waals surface area contributed by atoms with Gasteiger partial charge in [-0.3, -0.25) is 4.79 Å². The Bertz CT molecular complexity index is 416. The second kappa shape index (κ2) is 5.87. The highest BCUT2D eigenvalue weighted by Gasteiger charge is 2.30. The number of nitrogens with zero attached hydrogens (tertiary/aromatic N) is 1. The lowest BCUT2D eigenvalue weighted by Crippen LogP contribution is -2.37. The van der Waals surface area contributed by atoms with Crippen molar-refractivity contribution in [3.8, 4) is 0 Å². The second-order valence-electron chi connectivity index (χ2n) is 4.62. The van der Waals surface area contributed by atoms with Crippen LogP contribution in [0.4, 0.5) is 5.69 Å². The van der Waals surface area contributed by atoms with E-state index in [1.807, 2.05) is 36.1 Å². The van der Waals surface area contributed by atoms with Crippen LogP contribution in [0.2, 0.25) is 0 Å². The number of aliphatic hydroxyl groups is 1. The Balaban J connectivity index is 1.87. The van der Waals surface area contributed by atoms with Crippen LogP contribution in [0.1, 0.15) is 25.3 Å². The summed E-state index contributed by atoms with van der Waals surface area (Å²) in [5.41, 5.74) is 1.73. The fraction of sp³-hybridized carbons (Fsp3) is 0.500. The highest BCUT2D eigenvalue weighted by atomic mass is 16.3. The molecule has 1 aliphatic carbocycles. The van der Waals surface area contributed by atoms with E-state index >= 15 is 0 Å². The van der Waals surface area contributed by atoms with Gasteiger partial charge in [0.15, 0.2) is 0 Å². The SMILES string of the molecule is CCN(C(=O)CNc1cccc(CO)c1)C1CC1. The molecule has 0 spiro atoms. The number of rotatable bonds is 6. The summed E-state index contributed by atoms with van der Waals surface area (Å²) >= 11 is 0. The average molecular weight is 248 g/mol. The normalized spacial score (nSPS) is 14.3.